The SMILES string of the molecule is Cn1ccc(C(=O)Nc2c(F)c(F)c(Br)c(F)c2F)n1. The number of hydrogen-bond donors (Lipinski definition) is 1. The topological polar surface area (TPSA) is 46.9 Å². The van der Waals surface area contributed by atoms with Gasteiger partial charge < -0.3 is 5.32 Å². The van der Waals surface area contributed by atoms with Crippen molar-refractivity contribution in [3.63, 3.8) is 0 Å². The van der Waals surface area contributed by atoms with Crippen LogP contribution in [0.4, 0.5) is 23.2 Å². The number of aryl methyl sites for hydroxylation is 1. The zero-order chi connectivity index (χ0) is 15.0. The molecule has 106 valence electrons. The van der Waals surface area contributed by atoms with Crippen LogP contribution < -0.4 is 5.32 Å². The van der Waals surface area contributed by atoms with Gasteiger partial charge in [0.2, 0.25) is 0 Å². The zero-order valence-corrected chi connectivity index (χ0v) is 11.4. The van der Waals surface area contributed by atoms with E-state index in [1.54, 1.807) is 5.32 Å². The van der Waals surface area contributed by atoms with E-state index in [0.29, 0.717) is 0 Å². The number of carbonyl (C=O) groups is 1. The van der Waals surface area contributed by atoms with Crippen molar-refractivity contribution in [2.24, 2.45) is 7.05 Å². The quantitative estimate of drug-likeness (QED) is 0.513. The highest BCUT2D eigenvalue weighted by Crippen LogP contribution is 2.31. The predicted molar refractivity (Wildman–Crippen MR) is 65.1 cm³/mol. The molecular formula is C11H6BrF4N3O. The number of aromatic nitrogens is 2. The molecule has 0 saturated carbocycles. The summed E-state index contributed by atoms with van der Waals surface area (Å²) >= 11 is 2.37. The molecule has 1 aromatic carbocycles. The molecule has 0 saturated heterocycles. The van der Waals surface area contributed by atoms with Gasteiger partial charge >= 0.3 is 0 Å². The van der Waals surface area contributed by atoms with Gasteiger partial charge in [-0.25, -0.2) is 17.6 Å². The average Bonchev–Trinajstić information content (AvgIpc) is 2.85. The van der Waals surface area contributed by atoms with Crippen LogP contribution in [0.2, 0.25) is 0 Å². The Bertz CT molecular complexity index is 672. The van der Waals surface area contributed by atoms with Crippen LogP contribution in [-0.4, -0.2) is 15.7 Å². The molecule has 0 aliphatic carbocycles. The van der Waals surface area contributed by atoms with Crippen molar-refractivity contribution in [3.8, 4) is 0 Å². The molecule has 4 nitrogen and oxygen atoms in total. The van der Waals surface area contributed by atoms with Gasteiger partial charge in [-0.1, -0.05) is 0 Å². The number of nitrogens with one attached hydrogen (secondary N) is 1. The molecule has 0 atom stereocenters. The Hall–Kier alpha value is -1.90. The fourth-order valence-electron chi connectivity index (χ4n) is 1.43. The normalized spacial score (nSPS) is 10.7. The first-order chi connectivity index (χ1) is 9.32. The van der Waals surface area contributed by atoms with Gasteiger partial charge in [0.1, 0.15) is 5.69 Å². The second-order valence-corrected chi connectivity index (χ2v) is 4.57. The molecule has 0 radical (unpaired) electrons. The molecule has 1 aromatic heterocycles. The number of benzene rings is 1. The van der Waals surface area contributed by atoms with Crippen molar-refractivity contribution in [2.75, 3.05) is 5.32 Å². The second kappa shape index (κ2) is 5.23. The smallest absolute Gasteiger partial charge is 0.276 e. The molecule has 0 aliphatic heterocycles. The maximum absolute atomic E-state index is 13.5. The van der Waals surface area contributed by atoms with Crippen molar-refractivity contribution in [3.05, 3.63) is 45.7 Å². The minimum absolute atomic E-state index is 0.157. The summed E-state index contributed by atoms with van der Waals surface area (Å²) in [5.74, 6) is -7.69. The zero-order valence-electron chi connectivity index (χ0n) is 9.85. The summed E-state index contributed by atoms with van der Waals surface area (Å²) in [5.41, 5.74) is -1.37. The second-order valence-electron chi connectivity index (χ2n) is 3.77. The van der Waals surface area contributed by atoms with E-state index in [9.17, 15) is 22.4 Å². The van der Waals surface area contributed by atoms with Gasteiger partial charge in [-0.15, -0.1) is 0 Å². The Morgan fingerprint density at radius 2 is 1.75 bits per heavy atom. The number of halogens is 5. The molecule has 2 aromatic rings. The highest BCUT2D eigenvalue weighted by atomic mass is 79.9. The molecule has 1 N–H and O–H groups in total. The molecule has 0 aliphatic rings. The minimum Gasteiger partial charge on any atom is -0.315 e. The van der Waals surface area contributed by atoms with Gasteiger partial charge in [-0.2, -0.15) is 5.10 Å². The van der Waals surface area contributed by atoms with Gasteiger partial charge in [-0.3, -0.25) is 9.48 Å². The summed E-state index contributed by atoms with van der Waals surface area (Å²) in [6.07, 6.45) is 1.42. The number of amides is 1. The van der Waals surface area contributed by atoms with E-state index in [-0.39, 0.29) is 5.69 Å². The summed E-state index contributed by atoms with van der Waals surface area (Å²) in [6.45, 7) is 0. The van der Waals surface area contributed by atoms with Crippen molar-refractivity contribution in [1.82, 2.24) is 9.78 Å². The maximum atomic E-state index is 13.5. The average molecular weight is 352 g/mol. The van der Waals surface area contributed by atoms with Gasteiger partial charge in [0.05, 0.1) is 4.47 Å². The third-order valence-electron chi connectivity index (χ3n) is 2.39. The molecule has 0 bridgehead atoms. The lowest BCUT2D eigenvalue weighted by molar-refractivity contribution is 0.102. The first-order valence-electron chi connectivity index (χ1n) is 5.15. The number of rotatable bonds is 2. The standard InChI is InChI=1S/C11H6BrF4N3O/c1-19-3-2-4(18-19)11(20)17-10-8(15)6(13)5(12)7(14)9(10)16/h2-3H,1H3,(H,17,20). The summed E-state index contributed by atoms with van der Waals surface area (Å²) < 4.78 is 53.9. The van der Waals surface area contributed by atoms with E-state index in [0.717, 1.165) is 0 Å². The summed E-state index contributed by atoms with van der Waals surface area (Å²) in [6, 6.07) is 1.27. The first kappa shape index (κ1) is 14.5. The van der Waals surface area contributed by atoms with E-state index in [4.69, 9.17) is 0 Å². The highest BCUT2D eigenvalue weighted by molar-refractivity contribution is 9.10. The Labute approximate surface area is 118 Å². The minimum atomic E-state index is -1.71. The fourth-order valence-corrected chi connectivity index (χ4v) is 1.78. The summed E-state index contributed by atoms with van der Waals surface area (Å²) in [4.78, 5) is 11.7. The van der Waals surface area contributed by atoms with Crippen molar-refractivity contribution in [2.45, 2.75) is 0 Å². The van der Waals surface area contributed by atoms with E-state index in [1.165, 1.54) is 24.0 Å². The number of carbonyl (C=O) groups excluding carboxylic acids is 1. The lowest BCUT2D eigenvalue weighted by Crippen LogP contribution is -2.17. The molecule has 0 spiro atoms. The van der Waals surface area contributed by atoms with Crippen LogP contribution >= 0.6 is 15.9 Å². The number of nitrogens with zero attached hydrogens (tertiary/aromatic N) is 2. The van der Waals surface area contributed by atoms with Crippen molar-refractivity contribution < 1.29 is 22.4 Å². The third kappa shape index (κ3) is 2.40. The molecule has 9 heteroatoms. The Balaban J connectivity index is 2.42. The molecule has 0 unspecified atom stereocenters. The lowest BCUT2D eigenvalue weighted by Gasteiger charge is -2.09. The van der Waals surface area contributed by atoms with Crippen molar-refractivity contribution >= 4 is 27.5 Å². The van der Waals surface area contributed by atoms with Crippen LogP contribution in [0.15, 0.2) is 16.7 Å². The fraction of sp³-hybridized carbons (Fsp3) is 0.0909. The van der Waals surface area contributed by atoms with Crippen LogP contribution in [-0.2, 0) is 7.05 Å². The van der Waals surface area contributed by atoms with Gasteiger partial charge in [0, 0.05) is 13.2 Å². The largest absolute Gasteiger partial charge is 0.315 e. The maximum Gasteiger partial charge on any atom is 0.276 e. The Kier molecular flexibility index (Phi) is 3.80. The monoisotopic (exact) mass is 351 g/mol. The molecule has 1 amide bonds. The van der Waals surface area contributed by atoms with E-state index >= 15 is 0 Å². The van der Waals surface area contributed by atoms with Crippen LogP contribution in [0.3, 0.4) is 0 Å². The molecule has 2 rings (SSSR count). The van der Waals surface area contributed by atoms with Gasteiger partial charge in [0.15, 0.2) is 29.0 Å². The van der Waals surface area contributed by atoms with Gasteiger partial charge in [-0.05, 0) is 22.0 Å². The first-order valence-corrected chi connectivity index (χ1v) is 5.94. The highest BCUT2D eigenvalue weighted by Gasteiger charge is 2.26. The molecule has 0 fully saturated rings. The van der Waals surface area contributed by atoms with E-state index in [1.807, 2.05) is 0 Å². The molecule has 1 heterocycles. The number of hydrogen-bond acceptors (Lipinski definition) is 2. The van der Waals surface area contributed by atoms with Crippen molar-refractivity contribution in [1.29, 1.82) is 0 Å². The Morgan fingerprint density at radius 1 is 1.20 bits per heavy atom. The summed E-state index contributed by atoms with van der Waals surface area (Å²) in [5, 5.41) is 5.44. The van der Waals surface area contributed by atoms with E-state index in [2.05, 4.69) is 21.0 Å². The van der Waals surface area contributed by atoms with Gasteiger partial charge in [0.25, 0.3) is 5.91 Å². The van der Waals surface area contributed by atoms with Crippen LogP contribution in [0.5, 0.6) is 0 Å². The predicted octanol–water partition coefficient (Wildman–Crippen LogP) is 2.99. The van der Waals surface area contributed by atoms with Crippen LogP contribution in [0.1, 0.15) is 10.5 Å². The van der Waals surface area contributed by atoms with Crippen LogP contribution in [0.25, 0.3) is 0 Å². The number of anilines is 1. The third-order valence-corrected chi connectivity index (χ3v) is 3.09. The molecular weight excluding hydrogens is 346 g/mol. The van der Waals surface area contributed by atoms with E-state index < -0.39 is 39.3 Å². The summed E-state index contributed by atoms with van der Waals surface area (Å²) in [7, 11) is 1.52. The lowest BCUT2D eigenvalue weighted by atomic mass is 10.2. The molecule has 20 heavy (non-hydrogen) atoms. The Morgan fingerprint density at radius 3 is 2.20 bits per heavy atom. The van der Waals surface area contributed by atoms with Crippen LogP contribution in [0, 0.1) is 23.3 Å².